The molecule has 0 rings (SSSR count). The summed E-state index contributed by atoms with van der Waals surface area (Å²) in [7, 11) is 0. The van der Waals surface area contributed by atoms with Crippen LogP contribution in [0.1, 0.15) is 175 Å². The second-order valence-electron chi connectivity index (χ2n) is 10.6. The Bertz CT molecular complexity index is 446. The Morgan fingerprint density at radius 2 is 0.971 bits per heavy atom. The molecule has 0 aromatic rings. The van der Waals surface area contributed by atoms with E-state index in [-0.39, 0.29) is 5.97 Å². The number of carbonyl (C=O) groups is 2. The number of Topliss-reactive ketones (excluding diaryl/α,β-unsaturated/α-hetero) is 1. The number of rotatable bonds is 27. The molecule has 0 N–H and O–H groups in total. The van der Waals surface area contributed by atoms with E-state index in [1.807, 2.05) is 0 Å². The molecule has 0 saturated carbocycles. The smallest absolute Gasteiger partial charge is 0.306 e. The van der Waals surface area contributed by atoms with Gasteiger partial charge in [0.15, 0.2) is 0 Å². The Morgan fingerprint density at radius 1 is 0.529 bits per heavy atom. The molecule has 0 amide bonds. The Balaban J connectivity index is 3.57. The fraction of sp³-hybridized carbons (Fsp3) is 0.935. The Labute approximate surface area is 213 Å². The van der Waals surface area contributed by atoms with Gasteiger partial charge in [0.25, 0.3) is 0 Å². The molecule has 1 unspecified atom stereocenters. The van der Waals surface area contributed by atoms with Gasteiger partial charge in [0.05, 0.1) is 6.61 Å². The highest BCUT2D eigenvalue weighted by Gasteiger charge is 2.14. The molecular formula is C31H60O3. The lowest BCUT2D eigenvalue weighted by Crippen LogP contribution is -2.13. The fourth-order valence-electron chi connectivity index (χ4n) is 4.72. The van der Waals surface area contributed by atoms with Crippen LogP contribution in [-0.4, -0.2) is 18.4 Å². The lowest BCUT2D eigenvalue weighted by Gasteiger charge is -2.16. The van der Waals surface area contributed by atoms with Crippen molar-refractivity contribution in [1.82, 2.24) is 0 Å². The number of hydrogen-bond donors (Lipinski definition) is 0. The number of unbranched alkanes of at least 4 members (excludes halogenated alkanes) is 15. The minimum Gasteiger partial charge on any atom is -0.466 e. The maximum absolute atomic E-state index is 12.2. The molecule has 0 aliphatic rings. The molecular weight excluding hydrogens is 420 g/mol. The van der Waals surface area contributed by atoms with Gasteiger partial charge >= 0.3 is 5.97 Å². The first kappa shape index (κ1) is 33.1. The van der Waals surface area contributed by atoms with Crippen LogP contribution < -0.4 is 0 Å². The van der Waals surface area contributed by atoms with Crippen LogP contribution in [0.2, 0.25) is 0 Å². The summed E-state index contributed by atoms with van der Waals surface area (Å²) in [6, 6.07) is 0. The van der Waals surface area contributed by atoms with Gasteiger partial charge in [-0.05, 0) is 38.0 Å². The Morgan fingerprint density at radius 3 is 1.53 bits per heavy atom. The molecule has 3 heteroatoms. The molecule has 0 saturated heterocycles. The molecule has 0 aromatic carbocycles. The normalized spacial score (nSPS) is 12.1. The summed E-state index contributed by atoms with van der Waals surface area (Å²) in [4.78, 5) is 24.2. The van der Waals surface area contributed by atoms with E-state index >= 15 is 0 Å². The minimum absolute atomic E-state index is 0.0102. The van der Waals surface area contributed by atoms with Crippen LogP contribution in [0.25, 0.3) is 0 Å². The number of carbonyl (C=O) groups excluding carboxylic acids is 2. The van der Waals surface area contributed by atoms with Crippen molar-refractivity contribution in [2.45, 2.75) is 175 Å². The SMILES string of the molecule is CCCCCCCCCC(=O)CCCCCCCCOC(=O)CC(CCCC)CCCCCC. The van der Waals surface area contributed by atoms with Gasteiger partial charge in [-0.25, -0.2) is 0 Å². The quantitative estimate of drug-likeness (QED) is 0.0867. The first-order chi connectivity index (χ1) is 16.6. The fourth-order valence-corrected chi connectivity index (χ4v) is 4.72. The summed E-state index contributed by atoms with van der Waals surface area (Å²) in [6.45, 7) is 7.29. The zero-order valence-corrected chi connectivity index (χ0v) is 23.5. The van der Waals surface area contributed by atoms with Crippen LogP contribution in [0.4, 0.5) is 0 Å². The van der Waals surface area contributed by atoms with E-state index in [0.717, 1.165) is 44.9 Å². The molecule has 0 spiro atoms. The van der Waals surface area contributed by atoms with E-state index in [2.05, 4.69) is 20.8 Å². The summed E-state index contributed by atoms with van der Waals surface area (Å²) in [5.74, 6) is 0.983. The summed E-state index contributed by atoms with van der Waals surface area (Å²) in [5, 5.41) is 0. The van der Waals surface area contributed by atoms with Gasteiger partial charge in [-0.1, -0.05) is 124 Å². The van der Waals surface area contributed by atoms with Crippen LogP contribution in [0.3, 0.4) is 0 Å². The van der Waals surface area contributed by atoms with E-state index in [9.17, 15) is 9.59 Å². The highest BCUT2D eigenvalue weighted by atomic mass is 16.5. The molecule has 3 nitrogen and oxygen atoms in total. The van der Waals surface area contributed by atoms with Gasteiger partial charge in [0.1, 0.15) is 5.78 Å². The largest absolute Gasteiger partial charge is 0.466 e. The lowest BCUT2D eigenvalue weighted by molar-refractivity contribution is -0.145. The number of hydrogen-bond acceptors (Lipinski definition) is 3. The van der Waals surface area contributed by atoms with E-state index in [0.29, 0.717) is 24.7 Å². The van der Waals surface area contributed by atoms with Crippen LogP contribution in [0.15, 0.2) is 0 Å². The van der Waals surface area contributed by atoms with E-state index < -0.39 is 0 Å². The average Bonchev–Trinajstić information content (AvgIpc) is 2.83. The standard InChI is InChI=1S/C31H60O3/c1-4-7-10-12-13-16-20-25-30(32)26-21-17-14-15-18-22-27-34-31(33)28-29(23-9-6-3)24-19-11-8-5-2/h29H,4-28H2,1-3H3. The van der Waals surface area contributed by atoms with Crippen LogP contribution in [-0.2, 0) is 14.3 Å². The first-order valence-corrected chi connectivity index (χ1v) is 15.3. The maximum Gasteiger partial charge on any atom is 0.306 e. The molecule has 0 aromatic heterocycles. The zero-order valence-electron chi connectivity index (χ0n) is 23.5. The van der Waals surface area contributed by atoms with Crippen molar-refractivity contribution in [3.63, 3.8) is 0 Å². The first-order valence-electron chi connectivity index (χ1n) is 15.3. The second kappa shape index (κ2) is 26.7. The van der Waals surface area contributed by atoms with Crippen molar-refractivity contribution in [3.8, 4) is 0 Å². The predicted molar refractivity (Wildman–Crippen MR) is 147 cm³/mol. The minimum atomic E-state index is 0.0102. The average molecular weight is 481 g/mol. The van der Waals surface area contributed by atoms with Gasteiger partial charge in [-0.3, -0.25) is 9.59 Å². The molecule has 0 aliphatic heterocycles. The number of ether oxygens (including phenoxy) is 1. The molecule has 202 valence electrons. The van der Waals surface area contributed by atoms with Crippen molar-refractivity contribution in [2.75, 3.05) is 6.61 Å². The summed E-state index contributed by atoms with van der Waals surface area (Å²) >= 11 is 0. The van der Waals surface area contributed by atoms with Crippen molar-refractivity contribution in [1.29, 1.82) is 0 Å². The van der Waals surface area contributed by atoms with Crippen molar-refractivity contribution in [3.05, 3.63) is 0 Å². The Hall–Kier alpha value is -0.860. The number of ketones is 1. The van der Waals surface area contributed by atoms with Gasteiger partial charge in [-0.15, -0.1) is 0 Å². The Kier molecular flexibility index (Phi) is 26.1. The van der Waals surface area contributed by atoms with Gasteiger partial charge in [0, 0.05) is 19.3 Å². The second-order valence-corrected chi connectivity index (χ2v) is 10.6. The maximum atomic E-state index is 12.2. The highest BCUT2D eigenvalue weighted by Crippen LogP contribution is 2.21. The monoisotopic (exact) mass is 480 g/mol. The number of esters is 1. The van der Waals surface area contributed by atoms with E-state index in [1.54, 1.807) is 0 Å². The predicted octanol–water partition coefficient (Wildman–Crippen LogP) is 10.1. The summed E-state index contributed by atoms with van der Waals surface area (Å²) < 4.78 is 5.53. The molecule has 0 fully saturated rings. The van der Waals surface area contributed by atoms with Gasteiger partial charge in [0.2, 0.25) is 0 Å². The van der Waals surface area contributed by atoms with E-state index in [1.165, 1.54) is 103 Å². The third kappa shape index (κ3) is 24.3. The third-order valence-electron chi connectivity index (χ3n) is 7.06. The molecule has 0 radical (unpaired) electrons. The lowest BCUT2D eigenvalue weighted by atomic mass is 9.92. The van der Waals surface area contributed by atoms with Gasteiger partial charge < -0.3 is 4.74 Å². The van der Waals surface area contributed by atoms with Crippen LogP contribution >= 0.6 is 0 Å². The zero-order chi connectivity index (χ0) is 25.1. The van der Waals surface area contributed by atoms with Gasteiger partial charge in [-0.2, -0.15) is 0 Å². The molecule has 0 heterocycles. The molecule has 34 heavy (non-hydrogen) atoms. The highest BCUT2D eigenvalue weighted by molar-refractivity contribution is 5.78. The summed E-state index contributed by atoms with van der Waals surface area (Å²) in [6.07, 6.45) is 27.6. The van der Waals surface area contributed by atoms with Crippen molar-refractivity contribution in [2.24, 2.45) is 5.92 Å². The third-order valence-corrected chi connectivity index (χ3v) is 7.06. The van der Waals surface area contributed by atoms with Crippen molar-refractivity contribution < 1.29 is 14.3 Å². The van der Waals surface area contributed by atoms with Crippen LogP contribution in [0.5, 0.6) is 0 Å². The topological polar surface area (TPSA) is 43.4 Å². The summed E-state index contributed by atoms with van der Waals surface area (Å²) in [5.41, 5.74) is 0. The molecule has 0 bridgehead atoms. The molecule has 0 aliphatic carbocycles. The van der Waals surface area contributed by atoms with Crippen molar-refractivity contribution >= 4 is 11.8 Å². The van der Waals surface area contributed by atoms with Crippen LogP contribution in [0, 0.1) is 5.92 Å². The molecule has 1 atom stereocenters. The van der Waals surface area contributed by atoms with E-state index in [4.69, 9.17) is 4.74 Å².